The fourth-order valence-corrected chi connectivity index (χ4v) is 2.71. The van der Waals surface area contributed by atoms with Crippen LogP contribution >= 0.6 is 0 Å². The molecular formula is C15H24N2O. The Morgan fingerprint density at radius 1 is 1.44 bits per heavy atom. The van der Waals surface area contributed by atoms with E-state index in [4.69, 9.17) is 0 Å². The minimum Gasteiger partial charge on any atom is -0.396 e. The number of aliphatic hydroxyl groups excluding tert-OH is 1. The first-order valence-electron chi connectivity index (χ1n) is 6.84. The summed E-state index contributed by atoms with van der Waals surface area (Å²) in [5.41, 5.74) is 4.00. The van der Waals surface area contributed by atoms with Crippen molar-refractivity contribution in [1.29, 1.82) is 0 Å². The van der Waals surface area contributed by atoms with Crippen LogP contribution in [0.1, 0.15) is 24.0 Å². The maximum atomic E-state index is 9.29. The molecule has 1 unspecified atom stereocenters. The van der Waals surface area contributed by atoms with E-state index in [1.807, 2.05) is 7.05 Å². The number of rotatable bonds is 4. The molecule has 2 rings (SSSR count). The van der Waals surface area contributed by atoms with Gasteiger partial charge in [-0.3, -0.25) is 0 Å². The van der Waals surface area contributed by atoms with E-state index in [1.165, 1.54) is 23.2 Å². The van der Waals surface area contributed by atoms with Gasteiger partial charge in [-0.2, -0.15) is 0 Å². The van der Waals surface area contributed by atoms with Crippen LogP contribution in [0.3, 0.4) is 0 Å². The minimum atomic E-state index is 0.313. The maximum Gasteiger partial charge on any atom is 0.0476 e. The van der Waals surface area contributed by atoms with Gasteiger partial charge in [-0.05, 0) is 56.0 Å². The van der Waals surface area contributed by atoms with Gasteiger partial charge in [0.2, 0.25) is 0 Å². The average Bonchev–Trinajstić information content (AvgIpc) is 2.41. The van der Waals surface area contributed by atoms with Crippen LogP contribution < -0.4 is 10.2 Å². The van der Waals surface area contributed by atoms with E-state index in [-0.39, 0.29) is 0 Å². The van der Waals surface area contributed by atoms with Crippen LogP contribution in [0.25, 0.3) is 0 Å². The second kappa shape index (κ2) is 6.21. The number of piperidine rings is 1. The van der Waals surface area contributed by atoms with Crippen molar-refractivity contribution in [2.24, 2.45) is 5.92 Å². The number of hydrogen-bond donors (Lipinski definition) is 2. The van der Waals surface area contributed by atoms with Crippen molar-refractivity contribution in [1.82, 2.24) is 5.32 Å². The molecule has 1 aliphatic rings. The topological polar surface area (TPSA) is 35.5 Å². The Hall–Kier alpha value is -1.06. The molecular weight excluding hydrogens is 224 g/mol. The van der Waals surface area contributed by atoms with Crippen LogP contribution in [-0.4, -0.2) is 31.9 Å². The van der Waals surface area contributed by atoms with Gasteiger partial charge < -0.3 is 15.3 Å². The Morgan fingerprint density at radius 2 is 2.28 bits per heavy atom. The molecule has 100 valence electrons. The number of nitrogens with zero attached hydrogens (tertiary/aromatic N) is 1. The molecule has 0 saturated carbocycles. The molecule has 3 nitrogen and oxygen atoms in total. The molecule has 18 heavy (non-hydrogen) atoms. The lowest BCUT2D eigenvalue weighted by molar-refractivity contribution is 0.208. The third-order valence-corrected chi connectivity index (χ3v) is 3.84. The lowest BCUT2D eigenvalue weighted by Crippen LogP contribution is -2.36. The molecule has 2 N–H and O–H groups in total. The number of nitrogens with one attached hydrogen (secondary N) is 1. The summed E-state index contributed by atoms with van der Waals surface area (Å²) in [6.45, 7) is 5.50. The lowest BCUT2D eigenvalue weighted by atomic mass is 9.98. The monoisotopic (exact) mass is 248 g/mol. The third-order valence-electron chi connectivity index (χ3n) is 3.84. The Labute approximate surface area is 110 Å². The van der Waals surface area contributed by atoms with E-state index in [0.29, 0.717) is 12.5 Å². The number of anilines is 1. The highest BCUT2D eigenvalue weighted by atomic mass is 16.3. The maximum absolute atomic E-state index is 9.29. The first kappa shape index (κ1) is 13.4. The molecule has 1 aliphatic heterocycles. The van der Waals surface area contributed by atoms with E-state index in [9.17, 15) is 5.11 Å². The number of hydrogen-bond acceptors (Lipinski definition) is 3. The van der Waals surface area contributed by atoms with Crippen LogP contribution in [0.2, 0.25) is 0 Å². The second-order valence-electron chi connectivity index (χ2n) is 5.28. The van der Waals surface area contributed by atoms with Crippen LogP contribution in [0.15, 0.2) is 18.2 Å². The predicted octanol–water partition coefficient (Wildman–Crippen LogP) is 1.92. The smallest absolute Gasteiger partial charge is 0.0476 e. The number of benzene rings is 1. The molecule has 0 radical (unpaired) electrons. The summed E-state index contributed by atoms with van der Waals surface area (Å²) in [6.07, 6.45) is 2.34. The molecule has 1 aromatic rings. The predicted molar refractivity (Wildman–Crippen MR) is 76.0 cm³/mol. The zero-order valence-electron chi connectivity index (χ0n) is 11.4. The summed E-state index contributed by atoms with van der Waals surface area (Å²) in [6, 6.07) is 6.69. The Kier molecular flexibility index (Phi) is 4.61. The highest BCUT2D eigenvalue weighted by Gasteiger charge is 2.19. The van der Waals surface area contributed by atoms with Gasteiger partial charge in [-0.25, -0.2) is 0 Å². The zero-order valence-corrected chi connectivity index (χ0v) is 11.4. The molecule has 0 aliphatic carbocycles. The van der Waals surface area contributed by atoms with E-state index in [1.54, 1.807) is 0 Å². The van der Waals surface area contributed by atoms with Crippen molar-refractivity contribution in [3.63, 3.8) is 0 Å². The fraction of sp³-hybridized carbons (Fsp3) is 0.600. The van der Waals surface area contributed by atoms with E-state index in [2.05, 4.69) is 35.3 Å². The van der Waals surface area contributed by atoms with Crippen molar-refractivity contribution in [2.45, 2.75) is 26.3 Å². The van der Waals surface area contributed by atoms with Gasteiger partial charge in [0.1, 0.15) is 0 Å². The van der Waals surface area contributed by atoms with Gasteiger partial charge in [-0.15, -0.1) is 0 Å². The average molecular weight is 248 g/mol. The van der Waals surface area contributed by atoms with Crippen LogP contribution in [0, 0.1) is 12.8 Å². The van der Waals surface area contributed by atoms with Gasteiger partial charge >= 0.3 is 0 Å². The largest absolute Gasteiger partial charge is 0.396 e. The normalized spacial score (nSPS) is 20.2. The Balaban J connectivity index is 2.10. The zero-order chi connectivity index (χ0) is 13.0. The molecule has 1 heterocycles. The second-order valence-corrected chi connectivity index (χ2v) is 5.28. The van der Waals surface area contributed by atoms with Crippen molar-refractivity contribution < 1.29 is 5.11 Å². The molecule has 1 atom stereocenters. The SMILES string of the molecule is CNCc1ccc(N2CCCC(CO)C2)cc1C. The highest BCUT2D eigenvalue weighted by molar-refractivity contribution is 5.51. The van der Waals surface area contributed by atoms with Gasteiger partial charge in [0, 0.05) is 31.9 Å². The molecule has 0 bridgehead atoms. The van der Waals surface area contributed by atoms with Gasteiger partial charge in [0.25, 0.3) is 0 Å². The van der Waals surface area contributed by atoms with Crippen molar-refractivity contribution in [3.05, 3.63) is 29.3 Å². The van der Waals surface area contributed by atoms with E-state index >= 15 is 0 Å². The van der Waals surface area contributed by atoms with E-state index < -0.39 is 0 Å². The molecule has 0 amide bonds. The van der Waals surface area contributed by atoms with Gasteiger partial charge in [0.15, 0.2) is 0 Å². The number of aliphatic hydroxyl groups is 1. The molecule has 1 saturated heterocycles. The lowest BCUT2D eigenvalue weighted by Gasteiger charge is -2.34. The third kappa shape index (κ3) is 3.03. The minimum absolute atomic E-state index is 0.313. The van der Waals surface area contributed by atoms with Crippen molar-refractivity contribution >= 4 is 5.69 Å². The summed E-state index contributed by atoms with van der Waals surface area (Å²) in [5, 5.41) is 12.5. The highest BCUT2D eigenvalue weighted by Crippen LogP contribution is 2.25. The summed E-state index contributed by atoms with van der Waals surface area (Å²) in [4.78, 5) is 2.40. The molecule has 1 aromatic carbocycles. The van der Waals surface area contributed by atoms with Crippen LogP contribution in [0.5, 0.6) is 0 Å². The fourth-order valence-electron chi connectivity index (χ4n) is 2.71. The van der Waals surface area contributed by atoms with Crippen molar-refractivity contribution in [3.8, 4) is 0 Å². The van der Waals surface area contributed by atoms with E-state index in [0.717, 1.165) is 26.1 Å². The van der Waals surface area contributed by atoms with Gasteiger partial charge in [0.05, 0.1) is 0 Å². The summed E-state index contributed by atoms with van der Waals surface area (Å²) < 4.78 is 0. The summed E-state index contributed by atoms with van der Waals surface area (Å²) >= 11 is 0. The standard InChI is InChI=1S/C15H24N2O/c1-12-8-15(6-5-14(12)9-16-2)17-7-3-4-13(10-17)11-18/h5-6,8,13,16,18H,3-4,7,9-11H2,1-2H3. The Morgan fingerprint density at radius 3 is 2.94 bits per heavy atom. The quantitative estimate of drug-likeness (QED) is 0.854. The molecule has 3 heteroatoms. The van der Waals surface area contributed by atoms with Crippen molar-refractivity contribution in [2.75, 3.05) is 31.6 Å². The Bertz CT molecular complexity index is 392. The summed E-state index contributed by atoms with van der Waals surface area (Å²) in [7, 11) is 1.98. The molecule has 0 aromatic heterocycles. The summed E-state index contributed by atoms with van der Waals surface area (Å²) in [5.74, 6) is 0.441. The molecule has 0 spiro atoms. The first-order chi connectivity index (χ1) is 8.74. The first-order valence-corrected chi connectivity index (χ1v) is 6.84. The van der Waals surface area contributed by atoms with Crippen LogP contribution in [0.4, 0.5) is 5.69 Å². The van der Waals surface area contributed by atoms with Crippen LogP contribution in [-0.2, 0) is 6.54 Å². The number of aryl methyl sites for hydroxylation is 1. The van der Waals surface area contributed by atoms with Gasteiger partial charge in [-0.1, -0.05) is 6.07 Å². The molecule has 1 fully saturated rings.